The minimum Gasteiger partial charge on any atom is -0.461 e. The summed E-state index contributed by atoms with van der Waals surface area (Å²) in [6.07, 6.45) is 1.19. The molecule has 1 saturated heterocycles. The van der Waals surface area contributed by atoms with Gasteiger partial charge in [0, 0.05) is 39.0 Å². The quantitative estimate of drug-likeness (QED) is 0.758. The van der Waals surface area contributed by atoms with Crippen LogP contribution in [-0.4, -0.2) is 64.9 Å². The van der Waals surface area contributed by atoms with Gasteiger partial charge in [-0.2, -0.15) is 0 Å². The van der Waals surface area contributed by atoms with Crippen molar-refractivity contribution in [3.63, 3.8) is 0 Å². The van der Waals surface area contributed by atoms with E-state index >= 15 is 0 Å². The maximum Gasteiger partial charge on any atom is 0.338 e. The number of hydrogen-bond donors (Lipinski definition) is 1. The maximum atomic E-state index is 11.9. The first-order chi connectivity index (χ1) is 10.4. The minimum absolute atomic E-state index is 0.0225. The van der Waals surface area contributed by atoms with Crippen molar-refractivity contribution in [3.05, 3.63) is 35.4 Å². The van der Waals surface area contributed by atoms with Gasteiger partial charge in [-0.1, -0.05) is 12.1 Å². The van der Waals surface area contributed by atoms with Crippen molar-refractivity contribution < 1.29 is 17.9 Å². The normalized spacial score (nSPS) is 16.4. The topological polar surface area (TPSA) is 75.7 Å². The number of esters is 1. The fourth-order valence-corrected chi connectivity index (χ4v) is 3.12. The van der Waals surface area contributed by atoms with Gasteiger partial charge in [-0.25, -0.2) is 13.2 Å². The summed E-state index contributed by atoms with van der Waals surface area (Å²) in [7, 11) is -3.06. The molecule has 0 spiro atoms. The number of benzene rings is 1. The van der Waals surface area contributed by atoms with Crippen molar-refractivity contribution in [1.29, 1.82) is 0 Å². The van der Waals surface area contributed by atoms with Crippen LogP contribution in [0.15, 0.2) is 24.3 Å². The van der Waals surface area contributed by atoms with Crippen LogP contribution in [0.3, 0.4) is 0 Å². The molecular formula is C15H22N2O4S. The summed E-state index contributed by atoms with van der Waals surface area (Å²) >= 11 is 0. The predicted octanol–water partition coefficient (Wildman–Crippen LogP) is 0.293. The third kappa shape index (κ3) is 5.75. The molecule has 2 rings (SSSR count). The highest BCUT2D eigenvalue weighted by Gasteiger charge is 2.12. The van der Waals surface area contributed by atoms with Crippen LogP contribution < -0.4 is 5.32 Å². The van der Waals surface area contributed by atoms with E-state index in [0.29, 0.717) is 17.7 Å². The fourth-order valence-electron chi connectivity index (χ4n) is 2.33. The summed E-state index contributed by atoms with van der Waals surface area (Å²) in [6.45, 7) is 4.98. The molecule has 0 amide bonds. The second-order valence-corrected chi connectivity index (χ2v) is 7.63. The van der Waals surface area contributed by atoms with E-state index in [-0.39, 0.29) is 11.7 Å². The Labute approximate surface area is 131 Å². The molecule has 122 valence electrons. The van der Waals surface area contributed by atoms with Gasteiger partial charge >= 0.3 is 5.97 Å². The molecule has 0 aliphatic carbocycles. The van der Waals surface area contributed by atoms with E-state index in [1.807, 2.05) is 0 Å². The van der Waals surface area contributed by atoms with Crippen LogP contribution in [0.1, 0.15) is 15.9 Å². The molecule has 0 bridgehead atoms. The number of sulfone groups is 1. The molecule has 0 saturated carbocycles. The molecule has 0 atom stereocenters. The summed E-state index contributed by atoms with van der Waals surface area (Å²) in [5.41, 5.74) is 1.11. The smallest absolute Gasteiger partial charge is 0.338 e. The lowest BCUT2D eigenvalue weighted by Crippen LogP contribution is -2.44. The summed E-state index contributed by atoms with van der Waals surface area (Å²) in [6, 6.07) is 6.50. The average Bonchev–Trinajstić information content (AvgIpc) is 2.47. The minimum atomic E-state index is -3.06. The van der Waals surface area contributed by atoms with Crippen LogP contribution in [0.5, 0.6) is 0 Å². The fraction of sp³-hybridized carbons (Fsp3) is 0.533. The van der Waals surface area contributed by atoms with Crippen LogP contribution >= 0.6 is 0 Å². The van der Waals surface area contributed by atoms with Gasteiger partial charge < -0.3 is 10.1 Å². The standard InChI is InChI=1S/C15H22N2O4S/c1-22(19,20)12-13-2-4-14(5-3-13)15(18)21-11-10-17-8-6-16-7-9-17/h2-5,16H,6-12H2,1H3. The van der Waals surface area contributed by atoms with Gasteiger partial charge in [0.1, 0.15) is 6.61 Å². The zero-order chi connectivity index (χ0) is 16.0. The zero-order valence-electron chi connectivity index (χ0n) is 12.7. The van der Waals surface area contributed by atoms with Gasteiger partial charge in [-0.15, -0.1) is 0 Å². The maximum absolute atomic E-state index is 11.9. The van der Waals surface area contributed by atoms with Gasteiger partial charge in [0.2, 0.25) is 0 Å². The molecule has 1 aromatic rings. The van der Waals surface area contributed by atoms with E-state index in [2.05, 4.69) is 10.2 Å². The lowest BCUT2D eigenvalue weighted by atomic mass is 10.1. The Hall–Kier alpha value is -1.44. The van der Waals surface area contributed by atoms with Crippen LogP contribution in [0.2, 0.25) is 0 Å². The molecule has 0 unspecified atom stereocenters. The molecule has 1 N–H and O–H groups in total. The van der Waals surface area contributed by atoms with Gasteiger partial charge in [-0.05, 0) is 17.7 Å². The Balaban J connectivity index is 1.79. The first-order valence-corrected chi connectivity index (χ1v) is 9.37. The Bertz CT molecular complexity index is 592. The number of carbonyl (C=O) groups is 1. The number of ether oxygens (including phenoxy) is 1. The molecule has 1 aromatic carbocycles. The molecule has 0 radical (unpaired) electrons. The van der Waals surface area contributed by atoms with Crippen molar-refractivity contribution in [2.45, 2.75) is 5.75 Å². The SMILES string of the molecule is CS(=O)(=O)Cc1ccc(C(=O)OCCN2CCNCC2)cc1. The van der Waals surface area contributed by atoms with Crippen molar-refractivity contribution in [2.75, 3.05) is 45.6 Å². The highest BCUT2D eigenvalue weighted by Crippen LogP contribution is 2.09. The van der Waals surface area contributed by atoms with Crippen LogP contribution in [0.25, 0.3) is 0 Å². The summed E-state index contributed by atoms with van der Waals surface area (Å²) in [4.78, 5) is 14.2. The van der Waals surface area contributed by atoms with Crippen molar-refractivity contribution in [3.8, 4) is 0 Å². The molecule has 1 aliphatic heterocycles. The highest BCUT2D eigenvalue weighted by atomic mass is 32.2. The van der Waals surface area contributed by atoms with E-state index in [4.69, 9.17) is 4.74 Å². The first kappa shape index (κ1) is 16.9. The van der Waals surface area contributed by atoms with E-state index in [1.165, 1.54) is 6.26 Å². The molecule has 22 heavy (non-hydrogen) atoms. The monoisotopic (exact) mass is 326 g/mol. The van der Waals surface area contributed by atoms with Crippen LogP contribution in [-0.2, 0) is 20.3 Å². The van der Waals surface area contributed by atoms with Crippen molar-refractivity contribution in [2.24, 2.45) is 0 Å². The van der Waals surface area contributed by atoms with E-state index in [0.717, 1.165) is 32.7 Å². The molecule has 6 nitrogen and oxygen atoms in total. The summed E-state index contributed by atoms with van der Waals surface area (Å²) in [5, 5.41) is 3.27. The largest absolute Gasteiger partial charge is 0.461 e. The summed E-state index contributed by atoms with van der Waals surface area (Å²) in [5.74, 6) is -0.397. The molecule has 0 aromatic heterocycles. The number of rotatable bonds is 6. The third-order valence-corrected chi connectivity index (χ3v) is 4.33. The Morgan fingerprint density at radius 3 is 2.45 bits per heavy atom. The number of piperazine rings is 1. The van der Waals surface area contributed by atoms with Gasteiger partial charge in [0.15, 0.2) is 9.84 Å². The molecular weight excluding hydrogens is 304 g/mol. The van der Waals surface area contributed by atoms with Gasteiger partial charge in [0.05, 0.1) is 11.3 Å². The van der Waals surface area contributed by atoms with Crippen LogP contribution in [0, 0.1) is 0 Å². The van der Waals surface area contributed by atoms with Crippen molar-refractivity contribution >= 4 is 15.8 Å². The molecule has 1 fully saturated rings. The number of nitrogens with one attached hydrogen (secondary N) is 1. The Morgan fingerprint density at radius 1 is 1.23 bits per heavy atom. The molecule has 1 heterocycles. The van der Waals surface area contributed by atoms with E-state index < -0.39 is 9.84 Å². The number of nitrogens with zero attached hydrogens (tertiary/aromatic N) is 1. The molecule has 1 aliphatic rings. The lowest BCUT2D eigenvalue weighted by Gasteiger charge is -2.26. The van der Waals surface area contributed by atoms with Gasteiger partial charge in [-0.3, -0.25) is 4.90 Å². The second kappa shape index (κ2) is 7.71. The molecule has 7 heteroatoms. The van der Waals surface area contributed by atoms with E-state index in [9.17, 15) is 13.2 Å². The average molecular weight is 326 g/mol. The van der Waals surface area contributed by atoms with Crippen molar-refractivity contribution in [1.82, 2.24) is 10.2 Å². The third-order valence-electron chi connectivity index (χ3n) is 3.47. The predicted molar refractivity (Wildman–Crippen MR) is 84.6 cm³/mol. The van der Waals surface area contributed by atoms with Crippen LogP contribution in [0.4, 0.5) is 0 Å². The highest BCUT2D eigenvalue weighted by molar-refractivity contribution is 7.89. The second-order valence-electron chi connectivity index (χ2n) is 5.49. The lowest BCUT2D eigenvalue weighted by molar-refractivity contribution is 0.0456. The van der Waals surface area contributed by atoms with E-state index in [1.54, 1.807) is 24.3 Å². The Morgan fingerprint density at radius 2 is 1.86 bits per heavy atom. The van der Waals surface area contributed by atoms with Gasteiger partial charge in [0.25, 0.3) is 0 Å². The first-order valence-electron chi connectivity index (χ1n) is 7.31. The summed E-state index contributed by atoms with van der Waals surface area (Å²) < 4.78 is 27.7. The number of hydrogen-bond acceptors (Lipinski definition) is 6. The zero-order valence-corrected chi connectivity index (χ0v) is 13.6. The number of carbonyl (C=O) groups excluding carboxylic acids is 1. The Kier molecular flexibility index (Phi) is 5.93.